The molecule has 1 aromatic carbocycles. The van der Waals surface area contributed by atoms with E-state index in [9.17, 15) is 24.0 Å². The normalized spacial score (nSPS) is 13.3. The van der Waals surface area contributed by atoms with Crippen LogP contribution < -0.4 is 32.2 Å². The summed E-state index contributed by atoms with van der Waals surface area (Å²) >= 11 is 0. The van der Waals surface area contributed by atoms with Crippen molar-refractivity contribution in [3.05, 3.63) is 82.6 Å². The molecule has 1 aliphatic rings. The third kappa shape index (κ3) is 9.10. The van der Waals surface area contributed by atoms with Crippen molar-refractivity contribution >= 4 is 63.6 Å². The second-order valence-corrected chi connectivity index (χ2v) is 14.4. The van der Waals surface area contributed by atoms with Gasteiger partial charge in [0, 0.05) is 57.6 Å². The van der Waals surface area contributed by atoms with Crippen LogP contribution in [0.5, 0.6) is 5.75 Å². The molecular weight excluding hydrogens is 787 g/mol. The molecule has 1 saturated heterocycles. The summed E-state index contributed by atoms with van der Waals surface area (Å²) < 4.78 is 12.9. The molecule has 0 atom stereocenters. The molecule has 21 nitrogen and oxygen atoms in total. The van der Waals surface area contributed by atoms with Gasteiger partial charge in [0.05, 0.1) is 35.6 Å². The van der Waals surface area contributed by atoms with Crippen LogP contribution in [-0.2, 0) is 31.0 Å². The number of primary amides is 2. The Morgan fingerprint density at radius 3 is 2.02 bits per heavy atom. The number of rotatable bonds is 17. The molecule has 0 aliphatic carbocycles. The van der Waals surface area contributed by atoms with Crippen molar-refractivity contribution in [1.82, 2.24) is 53.9 Å². The van der Waals surface area contributed by atoms with Gasteiger partial charge in [0.15, 0.2) is 5.65 Å². The summed E-state index contributed by atoms with van der Waals surface area (Å²) in [6.45, 7) is 11.1. The molecule has 0 unspecified atom stereocenters. The Bertz CT molecular complexity index is 2700. The molecule has 7 rings (SSSR count). The van der Waals surface area contributed by atoms with Gasteiger partial charge in [0.1, 0.15) is 28.2 Å². The first-order valence-electron chi connectivity index (χ1n) is 19.8. The molecular formula is C40H47N15O6. The van der Waals surface area contributed by atoms with Gasteiger partial charge in [-0.05, 0) is 64.4 Å². The fourth-order valence-electron chi connectivity index (χ4n) is 7.15. The van der Waals surface area contributed by atoms with Gasteiger partial charge >= 0.3 is 0 Å². The van der Waals surface area contributed by atoms with Crippen molar-refractivity contribution in [3.63, 3.8) is 0 Å². The number of piperazine rings is 1. The van der Waals surface area contributed by atoms with Crippen LogP contribution in [0.1, 0.15) is 73.3 Å². The molecule has 21 heteroatoms. The molecule has 5 amide bonds. The number of carbonyl (C=O) groups is 5. The van der Waals surface area contributed by atoms with E-state index >= 15 is 0 Å². The number of pyridine rings is 1. The monoisotopic (exact) mass is 833 g/mol. The smallest absolute Gasteiger partial charge is 0.276 e. The van der Waals surface area contributed by atoms with Crippen molar-refractivity contribution in [3.8, 4) is 5.75 Å². The highest BCUT2D eigenvalue weighted by molar-refractivity contribution is 6.05. The summed E-state index contributed by atoms with van der Waals surface area (Å²) in [6, 6.07) is 7.95. The predicted molar refractivity (Wildman–Crippen MR) is 224 cm³/mol. The molecule has 0 bridgehead atoms. The summed E-state index contributed by atoms with van der Waals surface area (Å²) in [5.41, 5.74) is 15.2. The van der Waals surface area contributed by atoms with Gasteiger partial charge < -0.3 is 26.1 Å². The number of fused-ring (bicyclic) bond motifs is 2. The number of aromatic nitrogens is 9. The van der Waals surface area contributed by atoms with E-state index in [0.29, 0.717) is 89.9 Å². The van der Waals surface area contributed by atoms with Crippen molar-refractivity contribution in [2.45, 2.75) is 60.3 Å². The van der Waals surface area contributed by atoms with Crippen LogP contribution >= 0.6 is 0 Å². The first kappa shape index (κ1) is 41.7. The fourth-order valence-corrected chi connectivity index (χ4v) is 7.15. The molecule has 0 radical (unpaired) electrons. The standard InChI is InChI=1S/C40H47N15O6/c1-5-54-29(16-23(3)49-54)37(59)47-39-45-27-18-25(34(41)57)20-31(61-15-9-11-51-14-10-43-32(56)22-51)33(27)52(39)12-7-8-13-53-36-28(19-26(21-44-36)35(42)58)46-40(53)48-38(60)30-17-24(4)50-55(30)6-2/h7-8,16-21H,5-6,9-15,22H2,1-4H3,(H2,41,57)(H2,42,58)(H,43,56)(H,45,47,59)(H,46,48,60)/b8-7+. The number of anilines is 2. The molecule has 61 heavy (non-hydrogen) atoms. The van der Waals surface area contributed by atoms with Crippen LogP contribution in [0.25, 0.3) is 22.2 Å². The molecule has 6 heterocycles. The van der Waals surface area contributed by atoms with Gasteiger partial charge in [-0.2, -0.15) is 10.2 Å². The lowest BCUT2D eigenvalue weighted by atomic mass is 10.1. The third-order valence-electron chi connectivity index (χ3n) is 10.0. The number of ether oxygens (including phenoxy) is 1. The number of nitrogens with one attached hydrogen (secondary N) is 3. The number of nitrogens with zero attached hydrogens (tertiary/aromatic N) is 10. The van der Waals surface area contributed by atoms with E-state index in [2.05, 4.69) is 36.1 Å². The topological polar surface area (TPSA) is 270 Å². The van der Waals surface area contributed by atoms with Gasteiger partial charge in [-0.1, -0.05) is 12.2 Å². The zero-order valence-corrected chi connectivity index (χ0v) is 34.3. The predicted octanol–water partition coefficient (Wildman–Crippen LogP) is 1.99. The van der Waals surface area contributed by atoms with E-state index in [1.54, 1.807) is 50.5 Å². The van der Waals surface area contributed by atoms with E-state index in [0.717, 1.165) is 6.54 Å². The van der Waals surface area contributed by atoms with Gasteiger partial charge in [0.25, 0.3) is 11.8 Å². The lowest BCUT2D eigenvalue weighted by Gasteiger charge is -2.26. The summed E-state index contributed by atoms with van der Waals surface area (Å²) in [5, 5.41) is 17.4. The van der Waals surface area contributed by atoms with Crippen molar-refractivity contribution in [2.24, 2.45) is 11.5 Å². The van der Waals surface area contributed by atoms with E-state index in [-0.39, 0.29) is 48.6 Å². The number of allylic oxidation sites excluding steroid dienone is 2. The molecule has 0 spiro atoms. The highest BCUT2D eigenvalue weighted by Gasteiger charge is 2.23. The number of aryl methyl sites for hydroxylation is 4. The Balaban J connectivity index is 1.22. The average molecular weight is 834 g/mol. The summed E-state index contributed by atoms with van der Waals surface area (Å²) in [7, 11) is 0. The van der Waals surface area contributed by atoms with Crippen LogP contribution in [0, 0.1) is 13.8 Å². The number of amides is 5. The van der Waals surface area contributed by atoms with Gasteiger partial charge in [-0.25, -0.2) is 15.0 Å². The molecule has 5 aromatic heterocycles. The van der Waals surface area contributed by atoms with E-state index < -0.39 is 23.6 Å². The fraction of sp³-hybridized carbons (Fsp3) is 0.350. The van der Waals surface area contributed by atoms with Crippen LogP contribution in [-0.4, -0.2) is 111 Å². The second-order valence-electron chi connectivity index (χ2n) is 14.4. The molecule has 318 valence electrons. The first-order chi connectivity index (χ1) is 29.3. The third-order valence-corrected chi connectivity index (χ3v) is 10.0. The molecule has 1 fully saturated rings. The highest BCUT2D eigenvalue weighted by atomic mass is 16.5. The molecule has 6 aromatic rings. The lowest BCUT2D eigenvalue weighted by molar-refractivity contribution is -0.124. The van der Waals surface area contributed by atoms with Gasteiger partial charge in [-0.3, -0.25) is 53.4 Å². The van der Waals surface area contributed by atoms with Crippen molar-refractivity contribution < 1.29 is 28.7 Å². The lowest BCUT2D eigenvalue weighted by Crippen LogP contribution is -2.47. The highest BCUT2D eigenvalue weighted by Crippen LogP contribution is 2.32. The average Bonchev–Trinajstić information content (AvgIpc) is 3.99. The maximum Gasteiger partial charge on any atom is 0.276 e. The minimum Gasteiger partial charge on any atom is -0.491 e. The molecule has 0 saturated carbocycles. The summed E-state index contributed by atoms with van der Waals surface area (Å²) in [6.07, 6.45) is 5.58. The maximum absolute atomic E-state index is 13.8. The number of imidazole rings is 2. The van der Waals surface area contributed by atoms with Crippen LogP contribution in [0.4, 0.5) is 11.9 Å². The number of carbonyl (C=O) groups excluding carboxylic acids is 5. The second kappa shape index (κ2) is 17.8. The Morgan fingerprint density at radius 1 is 0.820 bits per heavy atom. The minimum absolute atomic E-state index is 0.0300. The van der Waals surface area contributed by atoms with Gasteiger partial charge in [-0.15, -0.1) is 0 Å². The maximum atomic E-state index is 13.8. The van der Waals surface area contributed by atoms with Crippen LogP contribution in [0.2, 0.25) is 0 Å². The summed E-state index contributed by atoms with van der Waals surface area (Å²) in [5.74, 6) is -1.62. The molecule has 1 aliphatic heterocycles. The number of hydrogen-bond acceptors (Lipinski definition) is 12. The zero-order valence-electron chi connectivity index (χ0n) is 34.3. The van der Waals surface area contributed by atoms with Crippen molar-refractivity contribution in [1.29, 1.82) is 0 Å². The first-order valence-corrected chi connectivity index (χ1v) is 19.8. The van der Waals surface area contributed by atoms with E-state index in [4.69, 9.17) is 21.2 Å². The number of benzene rings is 1. The number of nitrogens with two attached hydrogens (primary N) is 2. The Labute approximate surface area is 349 Å². The SMILES string of the molecule is CCn1nc(C)cc1C(=O)Nc1nc2cc(C(N)=O)cnc2n1C/C=C/Cn1c(NC(=O)c2cc(C)nn2CC)nc2cc(C(N)=O)cc(OCCCN3CCNC(=O)C3)c21. The zero-order chi connectivity index (χ0) is 43.4. The van der Waals surface area contributed by atoms with Gasteiger partial charge in [0.2, 0.25) is 29.6 Å². The van der Waals surface area contributed by atoms with Crippen LogP contribution in [0.15, 0.2) is 48.7 Å². The largest absolute Gasteiger partial charge is 0.491 e. The van der Waals surface area contributed by atoms with E-state index in [1.807, 2.05) is 30.9 Å². The molecule has 7 N–H and O–H groups in total. The minimum atomic E-state index is -0.685. The van der Waals surface area contributed by atoms with E-state index in [1.165, 1.54) is 18.3 Å². The Kier molecular flexibility index (Phi) is 12.2. The van der Waals surface area contributed by atoms with Crippen LogP contribution in [0.3, 0.4) is 0 Å². The summed E-state index contributed by atoms with van der Waals surface area (Å²) in [4.78, 5) is 79.5. The van der Waals surface area contributed by atoms with Crippen molar-refractivity contribution in [2.75, 3.05) is 43.4 Å². The Morgan fingerprint density at radius 2 is 1.41 bits per heavy atom. The number of hydrogen-bond donors (Lipinski definition) is 5. The quantitative estimate of drug-likeness (QED) is 0.0652. The Hall–Kier alpha value is -7.42.